The zero-order valence-electron chi connectivity index (χ0n) is 13.3. The van der Waals surface area contributed by atoms with E-state index in [1.54, 1.807) is 23.9 Å². The number of amides is 1. The van der Waals surface area contributed by atoms with Crippen molar-refractivity contribution in [3.8, 4) is 0 Å². The van der Waals surface area contributed by atoms with Gasteiger partial charge in [-0.3, -0.25) is 9.59 Å². The van der Waals surface area contributed by atoms with E-state index >= 15 is 0 Å². The van der Waals surface area contributed by atoms with Crippen molar-refractivity contribution in [2.75, 3.05) is 13.7 Å². The lowest BCUT2D eigenvalue weighted by atomic mass is 10.1. The van der Waals surface area contributed by atoms with Crippen LogP contribution in [0.25, 0.3) is 0 Å². The molecule has 2 rings (SSSR count). The van der Waals surface area contributed by atoms with Crippen LogP contribution in [-0.2, 0) is 15.3 Å². The summed E-state index contributed by atoms with van der Waals surface area (Å²) in [6.45, 7) is 0.264. The number of nitrogens with one attached hydrogen (secondary N) is 1. The molecular formula is C18H18ClNO3S. The summed E-state index contributed by atoms with van der Waals surface area (Å²) in [6, 6.07) is 15.1. The average molecular weight is 364 g/mol. The molecule has 0 heterocycles. The largest absolute Gasteiger partial charge is 0.469 e. The van der Waals surface area contributed by atoms with Crippen LogP contribution in [0.15, 0.2) is 53.4 Å². The number of esters is 1. The first-order valence-corrected chi connectivity index (χ1v) is 8.77. The van der Waals surface area contributed by atoms with E-state index in [4.69, 9.17) is 11.6 Å². The number of halogens is 1. The quantitative estimate of drug-likeness (QED) is 0.598. The Hall–Kier alpha value is -1.98. The van der Waals surface area contributed by atoms with Crippen molar-refractivity contribution in [3.05, 3.63) is 64.7 Å². The first-order valence-electron chi connectivity index (χ1n) is 7.41. The molecule has 0 radical (unpaired) electrons. The van der Waals surface area contributed by atoms with Crippen molar-refractivity contribution < 1.29 is 14.3 Å². The highest BCUT2D eigenvalue weighted by molar-refractivity contribution is 7.98. The molecule has 6 heteroatoms. The van der Waals surface area contributed by atoms with Crippen LogP contribution < -0.4 is 5.32 Å². The number of hydrogen-bond donors (Lipinski definition) is 1. The molecule has 0 fully saturated rings. The van der Waals surface area contributed by atoms with Crippen molar-refractivity contribution in [1.29, 1.82) is 0 Å². The maximum absolute atomic E-state index is 12.0. The van der Waals surface area contributed by atoms with Gasteiger partial charge in [-0.15, -0.1) is 11.8 Å². The van der Waals surface area contributed by atoms with Gasteiger partial charge in [0.1, 0.15) is 0 Å². The molecule has 0 atom stereocenters. The van der Waals surface area contributed by atoms with Crippen LogP contribution in [0.1, 0.15) is 22.3 Å². The molecule has 0 saturated heterocycles. The van der Waals surface area contributed by atoms with Crippen LogP contribution in [0.4, 0.5) is 0 Å². The van der Waals surface area contributed by atoms with Gasteiger partial charge in [0.15, 0.2) is 0 Å². The van der Waals surface area contributed by atoms with Gasteiger partial charge in [0.05, 0.1) is 13.5 Å². The lowest BCUT2D eigenvalue weighted by molar-refractivity contribution is -0.140. The van der Waals surface area contributed by atoms with E-state index in [-0.39, 0.29) is 24.8 Å². The molecule has 0 bridgehead atoms. The fraction of sp³-hybridized carbons (Fsp3) is 0.222. The Kier molecular flexibility index (Phi) is 7.15. The van der Waals surface area contributed by atoms with Gasteiger partial charge in [0.25, 0.3) is 5.91 Å². The maximum atomic E-state index is 12.0. The lowest BCUT2D eigenvalue weighted by Gasteiger charge is -2.06. The number of benzene rings is 2. The molecule has 2 aromatic carbocycles. The number of rotatable bonds is 7. The lowest BCUT2D eigenvalue weighted by Crippen LogP contribution is -2.26. The van der Waals surface area contributed by atoms with Crippen molar-refractivity contribution in [2.45, 2.75) is 17.1 Å². The number of thioether (sulfide) groups is 1. The fourth-order valence-electron chi connectivity index (χ4n) is 1.93. The highest BCUT2D eigenvalue weighted by Crippen LogP contribution is 2.24. The number of hydrogen-bond acceptors (Lipinski definition) is 4. The van der Waals surface area contributed by atoms with Crippen molar-refractivity contribution in [1.82, 2.24) is 5.32 Å². The van der Waals surface area contributed by atoms with E-state index in [1.807, 2.05) is 36.4 Å². The summed E-state index contributed by atoms with van der Waals surface area (Å²) in [5.74, 6) is 0.270. The third-order valence-electron chi connectivity index (χ3n) is 3.28. The van der Waals surface area contributed by atoms with E-state index in [1.165, 1.54) is 7.11 Å². The summed E-state index contributed by atoms with van der Waals surface area (Å²) in [7, 11) is 1.32. The SMILES string of the molecule is COC(=O)CCNC(=O)c1ccc(CSc2ccc(Cl)cc2)cc1. The molecule has 0 aromatic heterocycles. The molecule has 0 aliphatic heterocycles. The molecule has 0 spiro atoms. The van der Waals surface area contributed by atoms with Crippen molar-refractivity contribution >= 4 is 35.2 Å². The molecule has 0 aliphatic carbocycles. The van der Waals surface area contributed by atoms with Crippen LogP contribution in [0, 0.1) is 0 Å². The maximum Gasteiger partial charge on any atom is 0.307 e. The summed E-state index contributed by atoms with van der Waals surface area (Å²) >= 11 is 7.57. The minimum Gasteiger partial charge on any atom is -0.469 e. The molecule has 4 nitrogen and oxygen atoms in total. The monoisotopic (exact) mass is 363 g/mol. The minimum atomic E-state index is -0.343. The van der Waals surface area contributed by atoms with E-state index in [9.17, 15) is 9.59 Å². The molecule has 2 aromatic rings. The van der Waals surface area contributed by atoms with E-state index in [0.717, 1.165) is 21.2 Å². The van der Waals surface area contributed by atoms with Crippen LogP contribution >= 0.6 is 23.4 Å². The van der Waals surface area contributed by atoms with Crippen LogP contribution in [0.5, 0.6) is 0 Å². The Bertz CT molecular complexity index is 686. The van der Waals surface area contributed by atoms with E-state index in [2.05, 4.69) is 10.1 Å². The normalized spacial score (nSPS) is 10.2. The Balaban J connectivity index is 1.82. The summed E-state index contributed by atoms with van der Waals surface area (Å²) in [4.78, 5) is 24.1. The van der Waals surface area contributed by atoms with Gasteiger partial charge in [-0.25, -0.2) is 0 Å². The Morgan fingerprint density at radius 1 is 1.08 bits per heavy atom. The van der Waals surface area contributed by atoms with Crippen LogP contribution in [0.2, 0.25) is 5.02 Å². The summed E-state index contributed by atoms with van der Waals surface area (Å²) in [6.07, 6.45) is 0.165. The van der Waals surface area contributed by atoms with Crippen molar-refractivity contribution in [3.63, 3.8) is 0 Å². The standard InChI is InChI=1S/C18H18ClNO3S/c1-23-17(21)10-11-20-18(22)14-4-2-13(3-5-14)12-24-16-8-6-15(19)7-9-16/h2-9H,10-12H2,1H3,(H,20,22). The van der Waals surface area contributed by atoms with E-state index < -0.39 is 0 Å². The zero-order valence-corrected chi connectivity index (χ0v) is 14.8. The van der Waals surface area contributed by atoms with Gasteiger partial charge in [-0.1, -0.05) is 23.7 Å². The molecule has 0 aliphatic rings. The highest BCUT2D eigenvalue weighted by Gasteiger charge is 2.07. The molecule has 1 amide bonds. The summed E-state index contributed by atoms with van der Waals surface area (Å²) in [5.41, 5.74) is 1.70. The smallest absolute Gasteiger partial charge is 0.307 e. The van der Waals surface area contributed by atoms with Gasteiger partial charge in [-0.2, -0.15) is 0 Å². The van der Waals surface area contributed by atoms with E-state index in [0.29, 0.717) is 5.56 Å². The second-order valence-electron chi connectivity index (χ2n) is 5.02. The molecule has 24 heavy (non-hydrogen) atoms. The van der Waals surface area contributed by atoms with Gasteiger partial charge < -0.3 is 10.1 Å². The first kappa shape index (κ1) is 18.4. The molecule has 1 N–H and O–H groups in total. The topological polar surface area (TPSA) is 55.4 Å². The predicted molar refractivity (Wildman–Crippen MR) is 96.4 cm³/mol. The summed E-state index contributed by atoms with van der Waals surface area (Å²) in [5, 5.41) is 3.41. The fourth-order valence-corrected chi connectivity index (χ4v) is 2.91. The minimum absolute atomic E-state index is 0.165. The number of carbonyl (C=O) groups excluding carboxylic acids is 2. The zero-order chi connectivity index (χ0) is 17.4. The molecule has 126 valence electrons. The molecule has 0 saturated carbocycles. The predicted octanol–water partition coefficient (Wildman–Crippen LogP) is 3.93. The Morgan fingerprint density at radius 2 is 1.75 bits per heavy atom. The Labute approximate surface area is 150 Å². The van der Waals surface area contributed by atoms with Crippen LogP contribution in [-0.4, -0.2) is 25.5 Å². The number of ether oxygens (including phenoxy) is 1. The second kappa shape index (κ2) is 9.35. The van der Waals surface area contributed by atoms with Crippen molar-refractivity contribution in [2.24, 2.45) is 0 Å². The number of methoxy groups -OCH3 is 1. The van der Waals surface area contributed by atoms with Gasteiger partial charge in [0, 0.05) is 27.8 Å². The van der Waals surface area contributed by atoms with Crippen LogP contribution in [0.3, 0.4) is 0 Å². The number of carbonyl (C=O) groups is 2. The third-order valence-corrected chi connectivity index (χ3v) is 4.61. The van der Waals surface area contributed by atoms with Gasteiger partial charge >= 0.3 is 5.97 Å². The Morgan fingerprint density at radius 3 is 2.38 bits per heavy atom. The highest BCUT2D eigenvalue weighted by atomic mass is 35.5. The average Bonchev–Trinajstić information content (AvgIpc) is 2.61. The molecule has 0 unspecified atom stereocenters. The third kappa shape index (κ3) is 5.91. The molecular weight excluding hydrogens is 346 g/mol. The van der Waals surface area contributed by atoms with Gasteiger partial charge in [0.2, 0.25) is 0 Å². The first-order chi connectivity index (χ1) is 11.6. The van der Waals surface area contributed by atoms with Gasteiger partial charge in [-0.05, 0) is 42.0 Å². The summed E-state index contributed by atoms with van der Waals surface area (Å²) < 4.78 is 4.52. The second-order valence-corrected chi connectivity index (χ2v) is 6.51.